The van der Waals surface area contributed by atoms with Crippen molar-refractivity contribution in [2.24, 2.45) is 0 Å². The van der Waals surface area contributed by atoms with Gasteiger partial charge in [0.05, 0.1) is 6.04 Å². The van der Waals surface area contributed by atoms with Crippen molar-refractivity contribution < 1.29 is 14.3 Å². The summed E-state index contributed by atoms with van der Waals surface area (Å²) in [6.45, 7) is 4.36. The largest absolute Gasteiger partial charge is 0.486 e. The summed E-state index contributed by atoms with van der Waals surface area (Å²) in [5, 5.41) is 2.96. The Labute approximate surface area is 162 Å². The molecule has 1 aromatic carbocycles. The molecule has 0 saturated carbocycles. The fourth-order valence-corrected chi connectivity index (χ4v) is 3.94. The molecule has 8 nitrogen and oxygen atoms in total. The van der Waals surface area contributed by atoms with Gasteiger partial charge in [0, 0.05) is 31.0 Å². The third kappa shape index (κ3) is 2.90. The zero-order chi connectivity index (χ0) is 19.1. The minimum absolute atomic E-state index is 0.116. The van der Waals surface area contributed by atoms with Gasteiger partial charge in [-0.2, -0.15) is 0 Å². The quantitative estimate of drug-likeness (QED) is 0.740. The van der Waals surface area contributed by atoms with Crippen molar-refractivity contribution in [3.63, 3.8) is 0 Å². The molecule has 1 fully saturated rings. The van der Waals surface area contributed by atoms with Gasteiger partial charge in [-0.1, -0.05) is 0 Å². The van der Waals surface area contributed by atoms with Crippen LogP contribution in [-0.4, -0.2) is 51.8 Å². The molecule has 0 bridgehead atoms. The van der Waals surface area contributed by atoms with Gasteiger partial charge in [-0.05, 0) is 37.6 Å². The van der Waals surface area contributed by atoms with Crippen molar-refractivity contribution in [3.8, 4) is 11.5 Å². The van der Waals surface area contributed by atoms with Crippen LogP contribution in [0.2, 0.25) is 0 Å². The van der Waals surface area contributed by atoms with Crippen molar-refractivity contribution in [2.45, 2.75) is 19.4 Å². The maximum atomic E-state index is 12.7. The van der Waals surface area contributed by atoms with Gasteiger partial charge in [0.25, 0.3) is 0 Å². The smallest absolute Gasteiger partial charge is 0.321 e. The second-order valence-corrected chi connectivity index (χ2v) is 7.05. The summed E-state index contributed by atoms with van der Waals surface area (Å²) in [7, 11) is 0. The summed E-state index contributed by atoms with van der Waals surface area (Å²) in [5.41, 5.74) is 2.46. The Balaban J connectivity index is 1.30. The first-order valence-corrected chi connectivity index (χ1v) is 9.44. The van der Waals surface area contributed by atoms with Crippen LogP contribution in [0.15, 0.2) is 36.5 Å². The molecule has 0 radical (unpaired) electrons. The number of likely N-dealkylation sites (tertiary alicyclic amines) is 1. The van der Waals surface area contributed by atoms with Crippen molar-refractivity contribution in [3.05, 3.63) is 42.4 Å². The fraction of sp³-hybridized carbons (Fsp3) is 0.350. The van der Waals surface area contributed by atoms with Gasteiger partial charge in [-0.25, -0.2) is 14.8 Å². The van der Waals surface area contributed by atoms with Crippen molar-refractivity contribution >= 4 is 22.9 Å². The lowest BCUT2D eigenvalue weighted by Gasteiger charge is -2.21. The van der Waals surface area contributed by atoms with Crippen LogP contribution in [0.3, 0.4) is 0 Å². The molecule has 3 aromatic rings. The number of urea groups is 1. The molecule has 5 rings (SSSR count). The summed E-state index contributed by atoms with van der Waals surface area (Å²) in [4.78, 5) is 23.7. The Morgan fingerprint density at radius 2 is 2.07 bits per heavy atom. The zero-order valence-corrected chi connectivity index (χ0v) is 15.6. The number of aryl methyl sites for hydroxylation is 1. The van der Waals surface area contributed by atoms with Crippen LogP contribution < -0.4 is 14.8 Å². The highest BCUT2D eigenvalue weighted by Gasteiger charge is 2.30. The molecular weight excluding hydrogens is 358 g/mol. The monoisotopic (exact) mass is 379 g/mol. The molecule has 0 aliphatic carbocycles. The molecule has 2 aliphatic rings. The van der Waals surface area contributed by atoms with Gasteiger partial charge >= 0.3 is 6.03 Å². The molecule has 0 spiro atoms. The minimum atomic E-state index is -0.116. The van der Waals surface area contributed by atoms with Crippen LogP contribution in [0.25, 0.3) is 11.2 Å². The highest BCUT2D eigenvalue weighted by molar-refractivity contribution is 5.90. The number of carbonyl (C=O) groups excluding carboxylic acids is 1. The average molecular weight is 379 g/mol. The van der Waals surface area contributed by atoms with Crippen LogP contribution in [-0.2, 0) is 0 Å². The summed E-state index contributed by atoms with van der Waals surface area (Å²) < 4.78 is 13.3. The van der Waals surface area contributed by atoms with E-state index >= 15 is 0 Å². The molecule has 2 aromatic heterocycles. The van der Waals surface area contributed by atoms with Crippen LogP contribution >= 0.6 is 0 Å². The molecule has 144 valence electrons. The van der Waals surface area contributed by atoms with Crippen molar-refractivity contribution in [2.75, 3.05) is 31.6 Å². The Hall–Kier alpha value is -3.29. The molecule has 28 heavy (non-hydrogen) atoms. The third-order valence-corrected chi connectivity index (χ3v) is 5.23. The number of carbonyl (C=O) groups is 1. The Bertz CT molecular complexity index is 1050. The number of hydrogen-bond acceptors (Lipinski definition) is 5. The van der Waals surface area contributed by atoms with Gasteiger partial charge in [0.15, 0.2) is 17.1 Å². The van der Waals surface area contributed by atoms with E-state index in [4.69, 9.17) is 9.47 Å². The number of benzene rings is 1. The maximum Gasteiger partial charge on any atom is 0.321 e. The third-order valence-electron chi connectivity index (χ3n) is 5.23. The summed E-state index contributed by atoms with van der Waals surface area (Å²) in [6.07, 6.45) is 2.65. The first-order chi connectivity index (χ1) is 13.7. The zero-order valence-electron chi connectivity index (χ0n) is 15.6. The lowest BCUT2D eigenvalue weighted by atomic mass is 10.2. The molecule has 2 amide bonds. The molecule has 1 N–H and O–H groups in total. The van der Waals surface area contributed by atoms with Gasteiger partial charge in [0.1, 0.15) is 24.6 Å². The topological polar surface area (TPSA) is 81.5 Å². The number of ether oxygens (including phenoxy) is 2. The van der Waals surface area contributed by atoms with E-state index in [0.717, 1.165) is 23.4 Å². The van der Waals surface area contributed by atoms with Crippen molar-refractivity contribution in [1.82, 2.24) is 19.4 Å². The molecule has 1 unspecified atom stereocenters. The highest BCUT2D eigenvalue weighted by Crippen LogP contribution is 2.33. The number of rotatable bonds is 2. The van der Waals surface area contributed by atoms with E-state index in [2.05, 4.69) is 19.9 Å². The molecule has 1 atom stereocenters. The van der Waals surface area contributed by atoms with E-state index in [1.165, 1.54) is 0 Å². The number of pyridine rings is 1. The molecule has 1 saturated heterocycles. The second kappa shape index (κ2) is 6.70. The standard InChI is InChI=1S/C20H21N5O3/c1-13-22-16-3-2-7-21-19(16)25(13)15-6-8-24(12-15)20(26)23-14-4-5-17-18(11-14)28-10-9-27-17/h2-5,7,11,15H,6,8-10,12H2,1H3,(H,23,26). The van der Waals surface area contributed by atoms with Crippen LogP contribution in [0.5, 0.6) is 11.5 Å². The van der Waals surface area contributed by atoms with Gasteiger partial charge in [0.2, 0.25) is 0 Å². The number of fused-ring (bicyclic) bond motifs is 2. The lowest BCUT2D eigenvalue weighted by Crippen LogP contribution is -2.33. The predicted octanol–water partition coefficient (Wildman–Crippen LogP) is 2.99. The van der Waals surface area contributed by atoms with E-state index in [9.17, 15) is 4.79 Å². The Kier molecular flexibility index (Phi) is 4.03. The fourth-order valence-electron chi connectivity index (χ4n) is 3.94. The van der Waals surface area contributed by atoms with Gasteiger partial charge in [-0.3, -0.25) is 0 Å². The summed E-state index contributed by atoms with van der Waals surface area (Å²) in [5.74, 6) is 2.29. The maximum absolute atomic E-state index is 12.7. The second-order valence-electron chi connectivity index (χ2n) is 7.05. The Morgan fingerprint density at radius 1 is 1.21 bits per heavy atom. The normalized spacial score (nSPS) is 18.5. The highest BCUT2D eigenvalue weighted by atomic mass is 16.6. The Morgan fingerprint density at radius 3 is 2.96 bits per heavy atom. The first kappa shape index (κ1) is 16.9. The number of nitrogens with one attached hydrogen (secondary N) is 1. The number of aromatic nitrogens is 3. The number of nitrogens with zero attached hydrogens (tertiary/aromatic N) is 4. The van der Waals surface area contributed by atoms with Gasteiger partial charge in [-0.15, -0.1) is 0 Å². The van der Waals surface area contributed by atoms with Crippen molar-refractivity contribution in [1.29, 1.82) is 0 Å². The van der Waals surface area contributed by atoms with E-state index in [-0.39, 0.29) is 12.1 Å². The minimum Gasteiger partial charge on any atom is -0.486 e. The van der Waals surface area contributed by atoms with Crippen LogP contribution in [0.4, 0.5) is 10.5 Å². The van der Waals surface area contributed by atoms with E-state index in [1.54, 1.807) is 12.3 Å². The number of anilines is 1. The van der Waals surface area contributed by atoms with Crippen LogP contribution in [0, 0.1) is 6.92 Å². The van der Waals surface area contributed by atoms with E-state index in [1.807, 2.05) is 36.1 Å². The molecule has 8 heteroatoms. The van der Waals surface area contributed by atoms with Crippen LogP contribution in [0.1, 0.15) is 18.3 Å². The number of imidazole rings is 1. The summed E-state index contributed by atoms with van der Waals surface area (Å²) >= 11 is 0. The molecular formula is C20H21N5O3. The van der Waals surface area contributed by atoms with E-state index < -0.39 is 0 Å². The average Bonchev–Trinajstić information content (AvgIpc) is 3.31. The summed E-state index contributed by atoms with van der Waals surface area (Å²) in [6, 6.07) is 9.37. The SMILES string of the molecule is Cc1nc2cccnc2n1C1CCN(C(=O)Nc2ccc3c(c2)OCCO3)C1. The van der Waals surface area contributed by atoms with E-state index in [0.29, 0.717) is 43.5 Å². The molecule has 2 aliphatic heterocycles. The first-order valence-electron chi connectivity index (χ1n) is 9.44. The lowest BCUT2D eigenvalue weighted by molar-refractivity contribution is 0.171. The van der Waals surface area contributed by atoms with Gasteiger partial charge < -0.3 is 24.3 Å². The molecule has 4 heterocycles. The number of hydrogen-bond donors (Lipinski definition) is 1. The number of amides is 2. The predicted molar refractivity (Wildman–Crippen MR) is 104 cm³/mol.